The monoisotopic (exact) mass is 307 g/mol. The van der Waals surface area contributed by atoms with Gasteiger partial charge in [0.1, 0.15) is 6.17 Å². The van der Waals surface area contributed by atoms with Crippen LogP contribution in [-0.2, 0) is 14.3 Å². The molecule has 0 saturated heterocycles. The molecule has 0 fully saturated rings. The molecule has 0 aliphatic heterocycles. The molecule has 7 heteroatoms. The minimum atomic E-state index is -1.17. The van der Waals surface area contributed by atoms with Gasteiger partial charge in [-0.05, 0) is 7.05 Å². The van der Waals surface area contributed by atoms with Crippen LogP contribution < -0.4 is 16.0 Å². The van der Waals surface area contributed by atoms with Crippen LogP contribution in [-0.4, -0.2) is 71.7 Å². The quantitative estimate of drug-likeness (QED) is 0.392. The Balaban J connectivity index is 3.25. The van der Waals surface area contributed by atoms with Crippen molar-refractivity contribution in [1.29, 1.82) is 0 Å². The predicted molar refractivity (Wildman–Crippen MR) is 81.2 cm³/mol. The van der Waals surface area contributed by atoms with Gasteiger partial charge in [0.15, 0.2) is 0 Å². The smallest absolute Gasteiger partial charge is 0.222 e. The molecule has 3 N–H and O–H groups in total. The maximum absolute atomic E-state index is 13.4. The summed E-state index contributed by atoms with van der Waals surface area (Å²) in [6.07, 6.45) is -1.17. The van der Waals surface area contributed by atoms with Crippen LogP contribution in [0.3, 0.4) is 0 Å². The van der Waals surface area contributed by atoms with Gasteiger partial charge in [-0.3, -0.25) is 4.79 Å². The number of hydrogen-bond acceptors (Lipinski definition) is 5. The number of rotatable bonds is 14. The van der Waals surface area contributed by atoms with E-state index in [-0.39, 0.29) is 25.0 Å². The van der Waals surface area contributed by atoms with Crippen molar-refractivity contribution < 1.29 is 18.7 Å². The minimum Gasteiger partial charge on any atom is -0.379 e. The Labute approximate surface area is 127 Å². The number of amides is 1. The summed E-state index contributed by atoms with van der Waals surface area (Å²) in [6.45, 7) is 7.57. The van der Waals surface area contributed by atoms with Gasteiger partial charge in [0.2, 0.25) is 5.91 Å². The van der Waals surface area contributed by atoms with Gasteiger partial charge in [-0.15, -0.1) is 0 Å². The fourth-order valence-electron chi connectivity index (χ4n) is 1.38. The summed E-state index contributed by atoms with van der Waals surface area (Å²) < 4.78 is 23.9. The van der Waals surface area contributed by atoms with Crippen molar-refractivity contribution in [2.45, 2.75) is 20.0 Å². The number of alkyl halides is 1. The van der Waals surface area contributed by atoms with Crippen molar-refractivity contribution in [2.75, 3.05) is 59.7 Å². The van der Waals surface area contributed by atoms with E-state index >= 15 is 0 Å². The van der Waals surface area contributed by atoms with E-state index in [1.807, 2.05) is 7.05 Å². The van der Waals surface area contributed by atoms with Crippen molar-refractivity contribution >= 4 is 5.91 Å². The molecule has 0 rings (SSSR count). The van der Waals surface area contributed by atoms with Gasteiger partial charge in [-0.1, -0.05) is 13.8 Å². The molecule has 0 aromatic carbocycles. The van der Waals surface area contributed by atoms with Gasteiger partial charge in [0.05, 0.1) is 33.0 Å². The van der Waals surface area contributed by atoms with E-state index in [4.69, 9.17) is 9.47 Å². The van der Waals surface area contributed by atoms with Crippen LogP contribution in [0.25, 0.3) is 0 Å². The predicted octanol–water partition coefficient (Wildman–Crippen LogP) is -0.0611. The number of carbonyl (C=O) groups is 1. The highest BCUT2D eigenvalue weighted by molar-refractivity contribution is 5.77. The van der Waals surface area contributed by atoms with Crippen LogP contribution in [0.5, 0.6) is 0 Å². The lowest BCUT2D eigenvalue weighted by Gasteiger charge is -2.12. The second-order valence-electron chi connectivity index (χ2n) is 5.04. The molecular formula is C14H30FN3O3. The highest BCUT2D eigenvalue weighted by Crippen LogP contribution is 1.94. The Morgan fingerprint density at radius 1 is 1.10 bits per heavy atom. The Kier molecular flexibility index (Phi) is 13.7. The summed E-state index contributed by atoms with van der Waals surface area (Å²) in [5, 5.41) is 8.67. The largest absolute Gasteiger partial charge is 0.379 e. The summed E-state index contributed by atoms with van der Waals surface area (Å²) in [6, 6.07) is 0. The van der Waals surface area contributed by atoms with Gasteiger partial charge < -0.3 is 25.4 Å². The van der Waals surface area contributed by atoms with E-state index in [0.717, 1.165) is 13.1 Å². The molecule has 0 bridgehead atoms. The molecular weight excluding hydrogens is 277 g/mol. The van der Waals surface area contributed by atoms with Crippen molar-refractivity contribution in [2.24, 2.45) is 5.92 Å². The third kappa shape index (κ3) is 14.0. The van der Waals surface area contributed by atoms with Crippen molar-refractivity contribution in [3.05, 3.63) is 0 Å². The molecule has 0 radical (unpaired) electrons. The van der Waals surface area contributed by atoms with Crippen LogP contribution in [0, 0.1) is 5.92 Å². The second kappa shape index (κ2) is 14.2. The van der Waals surface area contributed by atoms with Gasteiger partial charge in [0, 0.05) is 25.6 Å². The van der Waals surface area contributed by atoms with E-state index in [1.54, 1.807) is 13.8 Å². The number of hydrogen-bond donors (Lipinski definition) is 3. The Morgan fingerprint density at radius 3 is 2.33 bits per heavy atom. The molecule has 0 heterocycles. The maximum atomic E-state index is 13.4. The molecule has 0 aliphatic rings. The maximum Gasteiger partial charge on any atom is 0.222 e. The highest BCUT2D eigenvalue weighted by atomic mass is 19.1. The second-order valence-corrected chi connectivity index (χ2v) is 5.04. The zero-order valence-corrected chi connectivity index (χ0v) is 13.4. The van der Waals surface area contributed by atoms with Crippen molar-refractivity contribution in [1.82, 2.24) is 16.0 Å². The Bertz CT molecular complexity index is 256. The number of nitrogens with one attached hydrogen (secondary N) is 3. The molecule has 126 valence electrons. The average Bonchev–Trinajstić information content (AvgIpc) is 2.46. The summed E-state index contributed by atoms with van der Waals surface area (Å²) >= 11 is 0. The third-order valence-corrected chi connectivity index (χ3v) is 2.66. The SMILES string of the molecule is CNCCOCCNCCOCC(F)CNC(=O)C(C)C. The third-order valence-electron chi connectivity index (χ3n) is 2.66. The first-order valence-corrected chi connectivity index (χ1v) is 7.50. The molecule has 0 aliphatic carbocycles. The first-order chi connectivity index (χ1) is 10.1. The molecule has 0 aromatic heterocycles. The molecule has 6 nitrogen and oxygen atoms in total. The Hall–Kier alpha value is -0.760. The van der Waals surface area contributed by atoms with Gasteiger partial charge in [-0.25, -0.2) is 4.39 Å². The fraction of sp³-hybridized carbons (Fsp3) is 0.929. The normalized spacial score (nSPS) is 12.6. The van der Waals surface area contributed by atoms with Crippen molar-refractivity contribution in [3.63, 3.8) is 0 Å². The minimum absolute atomic E-state index is 0.00127. The zero-order chi connectivity index (χ0) is 15.9. The van der Waals surface area contributed by atoms with Crippen molar-refractivity contribution in [3.8, 4) is 0 Å². The summed E-state index contributed by atoms with van der Waals surface area (Å²) in [4.78, 5) is 11.2. The van der Waals surface area contributed by atoms with E-state index in [0.29, 0.717) is 26.4 Å². The van der Waals surface area contributed by atoms with Gasteiger partial charge >= 0.3 is 0 Å². The first-order valence-electron chi connectivity index (χ1n) is 7.50. The number of likely N-dealkylation sites (N-methyl/N-ethyl adjacent to an activating group) is 1. The summed E-state index contributed by atoms with van der Waals surface area (Å²) in [5.41, 5.74) is 0. The number of halogens is 1. The molecule has 1 unspecified atom stereocenters. The molecule has 0 saturated carbocycles. The molecule has 1 amide bonds. The van der Waals surface area contributed by atoms with E-state index in [1.165, 1.54) is 0 Å². The number of ether oxygens (including phenoxy) is 2. The van der Waals surface area contributed by atoms with Crippen LogP contribution in [0.4, 0.5) is 4.39 Å². The van der Waals surface area contributed by atoms with Gasteiger partial charge in [-0.2, -0.15) is 0 Å². The molecule has 1 atom stereocenters. The fourth-order valence-corrected chi connectivity index (χ4v) is 1.38. The number of carbonyl (C=O) groups excluding carboxylic acids is 1. The Morgan fingerprint density at radius 2 is 1.71 bits per heavy atom. The lowest BCUT2D eigenvalue weighted by atomic mass is 10.2. The zero-order valence-electron chi connectivity index (χ0n) is 13.4. The van der Waals surface area contributed by atoms with Crippen LogP contribution in [0.1, 0.15) is 13.8 Å². The van der Waals surface area contributed by atoms with Gasteiger partial charge in [0.25, 0.3) is 0 Å². The molecule has 21 heavy (non-hydrogen) atoms. The van der Waals surface area contributed by atoms with E-state index in [2.05, 4.69) is 16.0 Å². The summed E-state index contributed by atoms with van der Waals surface area (Å²) in [7, 11) is 1.88. The average molecular weight is 307 g/mol. The molecule has 0 aromatic rings. The van der Waals surface area contributed by atoms with Crippen LogP contribution in [0.2, 0.25) is 0 Å². The van der Waals surface area contributed by atoms with Crippen LogP contribution >= 0.6 is 0 Å². The van der Waals surface area contributed by atoms with Crippen LogP contribution in [0.15, 0.2) is 0 Å². The lowest BCUT2D eigenvalue weighted by Crippen LogP contribution is -2.35. The summed E-state index contributed by atoms with van der Waals surface area (Å²) in [5.74, 6) is -0.268. The standard InChI is InChI=1S/C14H30FN3O3/c1-12(2)14(19)18-10-13(15)11-21-9-6-17-5-8-20-7-4-16-3/h12-13,16-17H,4-11H2,1-3H3,(H,18,19). The van der Waals surface area contributed by atoms with E-state index in [9.17, 15) is 9.18 Å². The first kappa shape index (κ1) is 20.2. The highest BCUT2D eigenvalue weighted by Gasteiger charge is 2.11. The molecule has 0 spiro atoms. The topological polar surface area (TPSA) is 71.6 Å². The van der Waals surface area contributed by atoms with E-state index < -0.39 is 6.17 Å². The lowest BCUT2D eigenvalue weighted by molar-refractivity contribution is -0.124.